The van der Waals surface area contributed by atoms with E-state index in [0.29, 0.717) is 12.8 Å². The monoisotopic (exact) mass is 715 g/mol. The lowest BCUT2D eigenvalue weighted by molar-refractivity contribution is -0.287. The Morgan fingerprint density at radius 3 is 1.22 bits per heavy atom. The maximum absolute atomic E-state index is 13.2. The Morgan fingerprint density at radius 1 is 0.500 bits per heavy atom. The summed E-state index contributed by atoms with van der Waals surface area (Å²) in [7, 11) is 0. The number of hydrogen-bond acceptors (Lipinski definition) is 8. The molecule has 0 spiro atoms. The highest BCUT2D eigenvalue weighted by Gasteiger charge is 2.43. The van der Waals surface area contributed by atoms with Gasteiger partial charge in [-0.1, -0.05) is 200 Å². The molecule has 50 heavy (non-hydrogen) atoms. The molecule has 7 atom stereocenters. The van der Waals surface area contributed by atoms with Crippen LogP contribution in [0, 0.1) is 5.92 Å². The molecule has 8 nitrogen and oxygen atoms in total. The van der Waals surface area contributed by atoms with E-state index in [1.165, 1.54) is 148 Å². The van der Waals surface area contributed by atoms with E-state index >= 15 is 0 Å². The van der Waals surface area contributed by atoms with Crippen LogP contribution >= 0.6 is 0 Å². The lowest BCUT2D eigenvalue weighted by atomic mass is 9.91. The molecule has 0 aromatic rings. The topological polar surface area (TPSA) is 137 Å². The average molecular weight is 715 g/mol. The molecule has 0 amide bonds. The number of rotatable bonds is 35. The van der Waals surface area contributed by atoms with Crippen LogP contribution in [-0.2, 0) is 14.3 Å². The van der Waals surface area contributed by atoms with Gasteiger partial charge in [0.05, 0.1) is 12.0 Å². The van der Waals surface area contributed by atoms with E-state index in [2.05, 4.69) is 13.8 Å². The Kier molecular flexibility index (Phi) is 31.0. The first-order chi connectivity index (χ1) is 24.3. The number of carbonyl (C=O) groups is 1. The summed E-state index contributed by atoms with van der Waals surface area (Å²) in [5, 5.41) is 50.9. The van der Waals surface area contributed by atoms with Crippen molar-refractivity contribution in [3.63, 3.8) is 0 Å². The van der Waals surface area contributed by atoms with E-state index in [4.69, 9.17) is 9.47 Å². The highest BCUT2D eigenvalue weighted by molar-refractivity contribution is 5.73. The van der Waals surface area contributed by atoms with Gasteiger partial charge in [0.25, 0.3) is 0 Å². The van der Waals surface area contributed by atoms with Gasteiger partial charge in [0.15, 0.2) is 6.29 Å². The van der Waals surface area contributed by atoms with Gasteiger partial charge in [0, 0.05) is 0 Å². The van der Waals surface area contributed by atoms with Gasteiger partial charge < -0.3 is 35.0 Å². The summed E-state index contributed by atoms with van der Waals surface area (Å²) < 4.78 is 10.6. The molecule has 0 saturated carbocycles. The Morgan fingerprint density at radius 2 is 0.840 bits per heavy atom. The van der Waals surface area contributed by atoms with Crippen molar-refractivity contribution in [1.82, 2.24) is 0 Å². The van der Waals surface area contributed by atoms with E-state index in [1.54, 1.807) is 0 Å². The number of ether oxygens (including phenoxy) is 2. The fourth-order valence-electron chi connectivity index (χ4n) is 7.29. The summed E-state index contributed by atoms with van der Waals surface area (Å²) >= 11 is 0. The van der Waals surface area contributed by atoms with Crippen LogP contribution < -0.4 is 0 Å². The molecule has 1 aliphatic rings. The summed E-state index contributed by atoms with van der Waals surface area (Å²) in [6.45, 7) is 4.14. The fourth-order valence-corrected chi connectivity index (χ4v) is 7.29. The van der Waals surface area contributed by atoms with Crippen LogP contribution in [0.25, 0.3) is 0 Å². The third-order valence-electron chi connectivity index (χ3n) is 10.8. The van der Waals surface area contributed by atoms with Crippen molar-refractivity contribution >= 4 is 5.97 Å². The molecule has 0 aromatic heterocycles. The van der Waals surface area contributed by atoms with E-state index < -0.39 is 48.7 Å². The predicted molar refractivity (Wildman–Crippen MR) is 204 cm³/mol. The number of aliphatic hydroxyl groups is 5. The van der Waals surface area contributed by atoms with Crippen LogP contribution in [0.5, 0.6) is 0 Å². The third kappa shape index (κ3) is 23.7. The lowest BCUT2D eigenvalue weighted by Crippen LogP contribution is -2.58. The molecule has 1 fully saturated rings. The molecule has 0 aliphatic carbocycles. The van der Waals surface area contributed by atoms with Crippen LogP contribution in [0.15, 0.2) is 0 Å². The Labute approximate surface area is 307 Å². The average Bonchev–Trinajstić information content (AvgIpc) is 3.11. The molecular formula is C42H82O8. The minimum absolute atomic E-state index is 0.373. The zero-order chi connectivity index (χ0) is 36.7. The highest BCUT2D eigenvalue weighted by Crippen LogP contribution is 2.24. The number of esters is 1. The van der Waals surface area contributed by atoms with Crippen LogP contribution in [0.4, 0.5) is 0 Å². The minimum atomic E-state index is -1.68. The minimum Gasteiger partial charge on any atom is -0.463 e. The molecule has 0 aromatic carbocycles. The van der Waals surface area contributed by atoms with E-state index in [9.17, 15) is 30.3 Å². The maximum Gasteiger partial charge on any atom is 0.311 e. The van der Waals surface area contributed by atoms with Crippen LogP contribution in [-0.4, -0.2) is 74.9 Å². The SMILES string of the molecule is CCCCCCCCCCCCCCCCCCC[C@@H](O)[C@@H](CCCCCCCCCCCCCC)C(=O)OC[C@H]1O[C@@H](O)[C@H](O)[C@@H](O)[C@@H]1O. The molecule has 0 unspecified atom stereocenters. The van der Waals surface area contributed by atoms with Crippen molar-refractivity contribution in [2.45, 2.75) is 250 Å². The molecule has 1 rings (SSSR count). The van der Waals surface area contributed by atoms with Gasteiger partial charge in [-0.25, -0.2) is 0 Å². The van der Waals surface area contributed by atoms with Gasteiger partial charge in [0.1, 0.15) is 31.0 Å². The van der Waals surface area contributed by atoms with Crippen molar-refractivity contribution < 1.29 is 39.8 Å². The summed E-state index contributed by atoms with van der Waals surface area (Å²) in [5.41, 5.74) is 0. The number of aliphatic hydroxyl groups excluding tert-OH is 5. The first kappa shape index (κ1) is 47.3. The van der Waals surface area contributed by atoms with Crippen molar-refractivity contribution in [3.05, 3.63) is 0 Å². The van der Waals surface area contributed by atoms with Crippen molar-refractivity contribution in [2.24, 2.45) is 5.92 Å². The van der Waals surface area contributed by atoms with Gasteiger partial charge in [-0.15, -0.1) is 0 Å². The molecule has 5 N–H and O–H groups in total. The number of carbonyl (C=O) groups excluding carboxylic acids is 1. The number of unbranched alkanes of at least 4 members (excludes halogenated alkanes) is 27. The summed E-state index contributed by atoms with van der Waals surface area (Å²) in [6, 6.07) is 0. The zero-order valence-corrected chi connectivity index (χ0v) is 32.6. The molecule has 1 aliphatic heterocycles. The summed E-state index contributed by atoms with van der Waals surface area (Å²) in [6.07, 6.45) is 29.4. The normalized spacial score (nSPS) is 22.1. The van der Waals surface area contributed by atoms with E-state index in [1.807, 2.05) is 0 Å². The highest BCUT2D eigenvalue weighted by atomic mass is 16.6. The van der Waals surface area contributed by atoms with Gasteiger partial charge >= 0.3 is 5.97 Å². The van der Waals surface area contributed by atoms with Gasteiger partial charge in [-0.2, -0.15) is 0 Å². The van der Waals surface area contributed by atoms with Crippen LogP contribution in [0.2, 0.25) is 0 Å². The molecule has 0 bridgehead atoms. The van der Waals surface area contributed by atoms with Crippen molar-refractivity contribution in [1.29, 1.82) is 0 Å². The molecule has 1 heterocycles. The summed E-state index contributed by atoms with van der Waals surface area (Å²) in [4.78, 5) is 13.2. The first-order valence-corrected chi connectivity index (χ1v) is 21.6. The Bertz CT molecular complexity index is 751. The second-order valence-corrected chi connectivity index (χ2v) is 15.5. The number of hydrogen-bond donors (Lipinski definition) is 5. The summed E-state index contributed by atoms with van der Waals surface area (Å²) in [5.74, 6) is -1.21. The van der Waals surface area contributed by atoms with Crippen LogP contribution in [0.3, 0.4) is 0 Å². The van der Waals surface area contributed by atoms with Gasteiger partial charge in [0.2, 0.25) is 0 Å². The Hall–Kier alpha value is -0.770. The molecule has 1 saturated heterocycles. The molecule has 8 heteroatoms. The van der Waals surface area contributed by atoms with Crippen LogP contribution in [0.1, 0.15) is 213 Å². The van der Waals surface area contributed by atoms with Crippen molar-refractivity contribution in [2.75, 3.05) is 6.61 Å². The maximum atomic E-state index is 13.2. The fraction of sp³-hybridized carbons (Fsp3) is 0.976. The first-order valence-electron chi connectivity index (χ1n) is 21.6. The quantitative estimate of drug-likeness (QED) is 0.0324. The second-order valence-electron chi connectivity index (χ2n) is 15.5. The largest absolute Gasteiger partial charge is 0.463 e. The standard InChI is InChI=1S/C42H82O8/c1-3-5-7-9-11-13-15-17-18-19-20-21-23-25-27-29-31-33-36(43)35(32-30-28-26-24-22-16-14-12-10-8-6-4-2)41(47)49-34-37-38(44)39(45)40(46)42(48)50-37/h35-40,42-46,48H,3-34H2,1-2H3/t35-,36-,37-,38-,39+,40-,42-/m1/s1. The van der Waals surface area contributed by atoms with E-state index in [-0.39, 0.29) is 6.61 Å². The lowest BCUT2D eigenvalue weighted by Gasteiger charge is -2.38. The van der Waals surface area contributed by atoms with Gasteiger partial charge in [-0.3, -0.25) is 4.79 Å². The van der Waals surface area contributed by atoms with E-state index in [0.717, 1.165) is 38.5 Å². The van der Waals surface area contributed by atoms with Gasteiger partial charge in [-0.05, 0) is 12.8 Å². The molecule has 298 valence electrons. The smallest absolute Gasteiger partial charge is 0.311 e. The Balaban J connectivity index is 2.30. The second kappa shape index (κ2) is 32.8. The predicted octanol–water partition coefficient (Wildman–Crippen LogP) is 9.44. The zero-order valence-electron chi connectivity index (χ0n) is 32.6. The molecular weight excluding hydrogens is 632 g/mol. The molecule has 0 radical (unpaired) electrons. The van der Waals surface area contributed by atoms with Crippen molar-refractivity contribution in [3.8, 4) is 0 Å². The third-order valence-corrected chi connectivity index (χ3v) is 10.8.